The van der Waals surface area contributed by atoms with E-state index in [0.29, 0.717) is 18.0 Å². The maximum absolute atomic E-state index is 10.3. The molecule has 2 aromatic heterocycles. The number of fused-ring (bicyclic) bond motifs is 1. The minimum Gasteiger partial charge on any atom is -0.481 e. The zero-order valence-corrected chi connectivity index (χ0v) is 21.8. The Morgan fingerprint density at radius 1 is 1.06 bits per heavy atom. The van der Waals surface area contributed by atoms with Crippen molar-refractivity contribution in [3.63, 3.8) is 0 Å². The number of aliphatic hydroxyl groups is 1. The molecule has 1 atom stereocenters. The summed E-state index contributed by atoms with van der Waals surface area (Å²) in [5, 5.41) is 38.6. The van der Waals surface area contributed by atoms with Crippen LogP contribution in [-0.4, -0.2) is 69.7 Å². The van der Waals surface area contributed by atoms with Crippen LogP contribution in [-0.2, 0) is 27.5 Å². The third kappa shape index (κ3) is 6.73. The number of aromatic nitrogens is 3. The smallest absolute Gasteiger partial charge is 0.336 e. The van der Waals surface area contributed by atoms with Gasteiger partial charge in [0.2, 0.25) is 0 Å². The van der Waals surface area contributed by atoms with Gasteiger partial charge in [0.15, 0.2) is 5.60 Å². The predicted octanol–water partition coefficient (Wildman–Crippen LogP) is 2.85. The van der Waals surface area contributed by atoms with Crippen LogP contribution in [0.1, 0.15) is 75.3 Å². The zero-order chi connectivity index (χ0) is 27.4. The zero-order valence-electron chi connectivity index (χ0n) is 21.8. The van der Waals surface area contributed by atoms with E-state index in [1.54, 1.807) is 0 Å². The molecule has 0 saturated carbocycles. The third-order valence-electron chi connectivity index (χ3n) is 6.43. The van der Waals surface area contributed by atoms with E-state index in [1.807, 2.05) is 0 Å². The van der Waals surface area contributed by atoms with Crippen molar-refractivity contribution >= 4 is 17.9 Å². The lowest BCUT2D eigenvalue weighted by Gasteiger charge is -2.39. The SMILES string of the molecule is Cc1nn(C(C)C)c(C)c1CN1CCn2cccc2C1C(C)C.O=C(O)CC(O)(CC(=O)O)C(=O)O. The molecule has 0 aliphatic carbocycles. The van der Waals surface area contributed by atoms with Crippen LogP contribution in [0.4, 0.5) is 0 Å². The van der Waals surface area contributed by atoms with Crippen LogP contribution >= 0.6 is 0 Å². The largest absolute Gasteiger partial charge is 0.481 e. The van der Waals surface area contributed by atoms with Crippen LogP contribution < -0.4 is 0 Å². The molecule has 0 saturated heterocycles. The minimum atomic E-state index is -2.74. The van der Waals surface area contributed by atoms with Crippen LogP contribution in [0.3, 0.4) is 0 Å². The van der Waals surface area contributed by atoms with E-state index in [-0.39, 0.29) is 0 Å². The first-order valence-electron chi connectivity index (χ1n) is 12.0. The lowest BCUT2D eigenvalue weighted by molar-refractivity contribution is -0.170. The molecule has 1 aliphatic heterocycles. The number of hydrogen-bond donors (Lipinski definition) is 4. The molecule has 1 aliphatic rings. The van der Waals surface area contributed by atoms with Gasteiger partial charge in [-0.25, -0.2) is 4.79 Å². The number of aryl methyl sites for hydroxylation is 1. The molecule has 36 heavy (non-hydrogen) atoms. The van der Waals surface area contributed by atoms with E-state index in [2.05, 4.69) is 74.0 Å². The number of carboxylic acid groups (broad SMARTS) is 3. The van der Waals surface area contributed by atoms with Gasteiger partial charge >= 0.3 is 17.9 Å². The topological polar surface area (TPSA) is 158 Å². The van der Waals surface area contributed by atoms with Gasteiger partial charge in [0.1, 0.15) is 0 Å². The summed E-state index contributed by atoms with van der Waals surface area (Å²) < 4.78 is 4.58. The third-order valence-corrected chi connectivity index (χ3v) is 6.43. The Bertz CT molecular complexity index is 1070. The van der Waals surface area contributed by atoms with Crippen molar-refractivity contribution in [1.82, 2.24) is 19.2 Å². The minimum absolute atomic E-state index is 0.418. The van der Waals surface area contributed by atoms with Gasteiger partial charge < -0.3 is 25.0 Å². The van der Waals surface area contributed by atoms with Gasteiger partial charge in [-0.05, 0) is 45.7 Å². The van der Waals surface area contributed by atoms with Crippen LogP contribution in [0.25, 0.3) is 0 Å². The second-order valence-corrected chi connectivity index (χ2v) is 9.95. The second kappa shape index (κ2) is 11.7. The second-order valence-electron chi connectivity index (χ2n) is 9.95. The fourth-order valence-corrected chi connectivity index (χ4v) is 4.75. The standard InChI is InChI=1S/C19H30N4.C6H8O7/c1-13(2)19-18-8-7-9-21(18)10-11-22(19)12-17-15(5)20-23(14(3)4)16(17)6;7-3(8)1-6(13,5(11)12)2-4(9)10/h7-9,13-14,19H,10-12H2,1-6H3;13H,1-2H2,(H,7,8)(H,9,10)(H,11,12). The van der Waals surface area contributed by atoms with Crippen molar-refractivity contribution in [3.8, 4) is 0 Å². The molecule has 0 aromatic carbocycles. The normalized spacial score (nSPS) is 16.0. The van der Waals surface area contributed by atoms with Gasteiger partial charge in [-0.1, -0.05) is 13.8 Å². The highest BCUT2D eigenvalue weighted by molar-refractivity contribution is 5.88. The van der Waals surface area contributed by atoms with Crippen LogP contribution in [0.15, 0.2) is 18.3 Å². The monoisotopic (exact) mass is 506 g/mol. The van der Waals surface area contributed by atoms with Crippen molar-refractivity contribution in [2.75, 3.05) is 6.54 Å². The van der Waals surface area contributed by atoms with Gasteiger partial charge in [0.05, 0.1) is 24.6 Å². The number of rotatable bonds is 9. The average Bonchev–Trinajstić information content (AvgIpc) is 3.32. The Morgan fingerprint density at radius 2 is 1.64 bits per heavy atom. The highest BCUT2D eigenvalue weighted by Crippen LogP contribution is 2.34. The molecule has 200 valence electrons. The van der Waals surface area contributed by atoms with Crippen LogP contribution in [0.2, 0.25) is 0 Å². The Morgan fingerprint density at radius 3 is 2.08 bits per heavy atom. The van der Waals surface area contributed by atoms with E-state index in [1.165, 1.54) is 22.6 Å². The molecule has 0 fully saturated rings. The van der Waals surface area contributed by atoms with Gasteiger partial charge in [-0.15, -0.1) is 0 Å². The molecule has 0 amide bonds. The van der Waals surface area contributed by atoms with Crippen molar-refractivity contribution in [2.45, 2.75) is 85.2 Å². The molecule has 4 N–H and O–H groups in total. The Labute approximate surface area is 211 Å². The Balaban J connectivity index is 0.000000302. The van der Waals surface area contributed by atoms with Gasteiger partial charge in [-0.3, -0.25) is 19.2 Å². The van der Waals surface area contributed by atoms with Crippen LogP contribution in [0.5, 0.6) is 0 Å². The lowest BCUT2D eigenvalue weighted by Crippen LogP contribution is -2.42. The van der Waals surface area contributed by atoms with E-state index in [4.69, 9.17) is 25.5 Å². The molecule has 11 nitrogen and oxygen atoms in total. The summed E-state index contributed by atoms with van der Waals surface area (Å²) in [6.07, 6.45) is -0.0708. The summed E-state index contributed by atoms with van der Waals surface area (Å²) >= 11 is 0. The van der Waals surface area contributed by atoms with E-state index in [0.717, 1.165) is 19.6 Å². The highest BCUT2D eigenvalue weighted by atomic mass is 16.4. The lowest BCUT2D eigenvalue weighted by atomic mass is 9.96. The van der Waals surface area contributed by atoms with Gasteiger partial charge in [0, 0.05) is 48.8 Å². The number of carboxylic acids is 3. The van der Waals surface area contributed by atoms with Crippen molar-refractivity contribution < 1.29 is 34.8 Å². The molecular formula is C25H38N4O7. The van der Waals surface area contributed by atoms with E-state index < -0.39 is 36.4 Å². The molecule has 0 spiro atoms. The summed E-state index contributed by atoms with van der Waals surface area (Å²) in [6.45, 7) is 16.6. The van der Waals surface area contributed by atoms with Crippen molar-refractivity contribution in [2.24, 2.45) is 5.92 Å². The van der Waals surface area contributed by atoms with E-state index in [9.17, 15) is 14.4 Å². The fourth-order valence-electron chi connectivity index (χ4n) is 4.75. The fraction of sp³-hybridized carbons (Fsp3) is 0.600. The van der Waals surface area contributed by atoms with Crippen molar-refractivity contribution in [1.29, 1.82) is 0 Å². The quantitative estimate of drug-likeness (QED) is 0.401. The van der Waals surface area contributed by atoms with Crippen LogP contribution in [0, 0.1) is 19.8 Å². The van der Waals surface area contributed by atoms with E-state index >= 15 is 0 Å². The maximum atomic E-state index is 10.3. The number of aliphatic carboxylic acids is 3. The average molecular weight is 507 g/mol. The highest BCUT2D eigenvalue weighted by Gasteiger charge is 2.40. The number of carbonyl (C=O) groups is 3. The molecular weight excluding hydrogens is 468 g/mol. The molecule has 1 unspecified atom stereocenters. The predicted molar refractivity (Wildman–Crippen MR) is 132 cm³/mol. The first-order chi connectivity index (χ1) is 16.7. The molecule has 0 radical (unpaired) electrons. The van der Waals surface area contributed by atoms with Gasteiger partial charge in [0.25, 0.3) is 0 Å². The van der Waals surface area contributed by atoms with Gasteiger partial charge in [-0.2, -0.15) is 5.10 Å². The molecule has 0 bridgehead atoms. The maximum Gasteiger partial charge on any atom is 0.336 e. The summed E-state index contributed by atoms with van der Waals surface area (Å²) in [6, 6.07) is 5.37. The summed E-state index contributed by atoms with van der Waals surface area (Å²) in [5.41, 5.74) is 2.63. The molecule has 3 heterocycles. The number of hydrogen-bond acceptors (Lipinski definition) is 6. The summed E-state index contributed by atoms with van der Waals surface area (Å²) in [7, 11) is 0. The number of nitrogens with zero attached hydrogens (tertiary/aromatic N) is 4. The molecule has 11 heteroatoms. The Hall–Kier alpha value is -3.18. The Kier molecular flexibility index (Phi) is 9.44. The molecule has 2 aromatic rings. The summed E-state index contributed by atoms with van der Waals surface area (Å²) in [4.78, 5) is 33.1. The molecule has 3 rings (SSSR count). The summed E-state index contributed by atoms with van der Waals surface area (Å²) in [5.74, 6) is -4.42. The van der Waals surface area contributed by atoms with Crippen molar-refractivity contribution in [3.05, 3.63) is 41.0 Å². The first-order valence-corrected chi connectivity index (χ1v) is 12.0. The first kappa shape index (κ1) is 29.1.